The number of nitrogens with zero attached hydrogens (tertiary/aromatic N) is 3. The second-order valence-electron chi connectivity index (χ2n) is 6.88. The van der Waals surface area contributed by atoms with E-state index in [0.29, 0.717) is 12.8 Å². The summed E-state index contributed by atoms with van der Waals surface area (Å²) in [5, 5.41) is 11.8. The fraction of sp³-hybridized carbons (Fsp3) is 0.286. The van der Waals surface area contributed by atoms with Gasteiger partial charge in [0.15, 0.2) is 0 Å². The largest absolute Gasteiger partial charge is 0.326 e. The van der Waals surface area contributed by atoms with Crippen molar-refractivity contribution in [2.75, 3.05) is 20.3 Å². The second-order valence-corrected chi connectivity index (χ2v) is 6.88. The molecule has 3 rings (SSSR count). The Bertz CT molecular complexity index is 804. The molecule has 1 aliphatic rings. The Morgan fingerprint density at radius 1 is 1.00 bits per heavy atom. The molecule has 2 aromatic carbocycles. The van der Waals surface area contributed by atoms with Gasteiger partial charge in [-0.1, -0.05) is 60.7 Å². The molecule has 138 valence electrons. The lowest BCUT2D eigenvalue weighted by Crippen LogP contribution is -2.51. The first-order valence-corrected chi connectivity index (χ1v) is 8.81. The Morgan fingerprint density at radius 3 is 2.00 bits per heavy atom. The maximum Gasteiger partial charge on any atom is 0.326 e. The Hall–Kier alpha value is -3.17. The molecule has 2 aromatic rings. The number of carbonyl (C=O) groups excluding carboxylic acids is 2. The molecule has 27 heavy (non-hydrogen) atoms. The molecule has 0 aromatic heterocycles. The summed E-state index contributed by atoms with van der Waals surface area (Å²) in [5.74, 6) is -0.259. The minimum absolute atomic E-state index is 0.0869. The normalized spacial score (nSPS) is 15.7. The summed E-state index contributed by atoms with van der Waals surface area (Å²) >= 11 is 0. The molecule has 1 aliphatic heterocycles. The monoisotopic (exact) mass is 362 g/mol. The van der Waals surface area contributed by atoms with Crippen molar-refractivity contribution in [3.63, 3.8) is 0 Å². The van der Waals surface area contributed by atoms with Crippen molar-refractivity contribution in [2.24, 2.45) is 0 Å². The van der Waals surface area contributed by atoms with Crippen LogP contribution < -0.4 is 5.32 Å². The summed E-state index contributed by atoms with van der Waals surface area (Å²) in [6.07, 6.45) is 0.817. The van der Waals surface area contributed by atoms with E-state index >= 15 is 0 Å². The molecule has 0 atom stereocenters. The average molecular weight is 362 g/mol. The van der Waals surface area contributed by atoms with Crippen LogP contribution in [0, 0.1) is 11.3 Å². The van der Waals surface area contributed by atoms with Crippen LogP contribution in [-0.2, 0) is 17.6 Å². The highest BCUT2D eigenvalue weighted by Crippen LogP contribution is 2.27. The summed E-state index contributed by atoms with van der Waals surface area (Å²) in [7, 11) is 1.71. The molecule has 1 fully saturated rings. The molecule has 0 unspecified atom stereocenters. The molecule has 0 saturated carbocycles. The first-order chi connectivity index (χ1) is 13.0. The molecule has 1 saturated heterocycles. The number of hydrogen-bond donors (Lipinski definition) is 1. The quantitative estimate of drug-likeness (QED) is 0.605. The van der Waals surface area contributed by atoms with Crippen molar-refractivity contribution in [3.05, 3.63) is 71.8 Å². The van der Waals surface area contributed by atoms with Crippen molar-refractivity contribution in [3.8, 4) is 6.07 Å². The first-order valence-electron chi connectivity index (χ1n) is 8.81. The number of amides is 3. The third-order valence-corrected chi connectivity index (χ3v) is 4.67. The molecular formula is C21H22N4O2. The predicted molar refractivity (Wildman–Crippen MR) is 102 cm³/mol. The predicted octanol–water partition coefficient (Wildman–Crippen LogP) is 2.18. The highest BCUT2D eigenvalue weighted by Gasteiger charge is 2.51. The Labute approximate surface area is 159 Å². The van der Waals surface area contributed by atoms with Gasteiger partial charge in [-0.2, -0.15) is 5.26 Å². The zero-order valence-corrected chi connectivity index (χ0v) is 15.3. The van der Waals surface area contributed by atoms with Crippen molar-refractivity contribution in [1.29, 1.82) is 5.26 Å². The van der Waals surface area contributed by atoms with E-state index in [2.05, 4.69) is 5.32 Å². The van der Waals surface area contributed by atoms with Crippen molar-refractivity contribution >= 4 is 11.9 Å². The summed E-state index contributed by atoms with van der Waals surface area (Å²) in [6.45, 7) is 0.227. The number of benzene rings is 2. The van der Waals surface area contributed by atoms with Gasteiger partial charge in [0.05, 0.1) is 19.3 Å². The number of nitrogens with one attached hydrogen (secondary N) is 1. The van der Waals surface area contributed by atoms with E-state index < -0.39 is 11.6 Å². The average Bonchev–Trinajstić information content (AvgIpc) is 2.88. The molecule has 6 nitrogen and oxygen atoms in total. The molecule has 0 aliphatic carbocycles. The van der Waals surface area contributed by atoms with Crippen LogP contribution in [0.25, 0.3) is 0 Å². The number of nitriles is 1. The fourth-order valence-electron chi connectivity index (χ4n) is 3.41. The van der Waals surface area contributed by atoms with Gasteiger partial charge in [0, 0.05) is 12.8 Å². The molecule has 1 N–H and O–H groups in total. The van der Waals surface area contributed by atoms with Gasteiger partial charge in [-0.15, -0.1) is 0 Å². The van der Waals surface area contributed by atoms with Gasteiger partial charge in [0.25, 0.3) is 5.91 Å². The van der Waals surface area contributed by atoms with Crippen LogP contribution in [0.4, 0.5) is 4.79 Å². The lowest BCUT2D eigenvalue weighted by molar-refractivity contribution is -0.132. The maximum atomic E-state index is 13.3. The van der Waals surface area contributed by atoms with Crippen molar-refractivity contribution in [1.82, 2.24) is 15.1 Å². The number of urea groups is 1. The van der Waals surface area contributed by atoms with E-state index in [9.17, 15) is 9.59 Å². The summed E-state index contributed by atoms with van der Waals surface area (Å²) in [6, 6.07) is 21.0. The SMILES string of the molecule is CN(CC#N)CN1C(=O)NC(Cc2ccccc2)(Cc2ccccc2)C1=O. The molecule has 3 amide bonds. The van der Waals surface area contributed by atoms with Gasteiger partial charge >= 0.3 is 6.03 Å². The van der Waals surface area contributed by atoms with E-state index in [4.69, 9.17) is 5.26 Å². The third kappa shape index (κ3) is 4.15. The van der Waals surface area contributed by atoms with E-state index in [-0.39, 0.29) is 19.1 Å². The van der Waals surface area contributed by atoms with Crippen LogP contribution >= 0.6 is 0 Å². The topological polar surface area (TPSA) is 76.4 Å². The van der Waals surface area contributed by atoms with Crippen LogP contribution in [0.15, 0.2) is 60.7 Å². The van der Waals surface area contributed by atoms with Gasteiger partial charge in [-0.05, 0) is 18.2 Å². The maximum absolute atomic E-state index is 13.3. The Balaban J connectivity index is 1.91. The van der Waals surface area contributed by atoms with E-state index in [0.717, 1.165) is 11.1 Å². The second kappa shape index (κ2) is 8.02. The molecule has 0 radical (unpaired) electrons. The van der Waals surface area contributed by atoms with Gasteiger partial charge in [0.2, 0.25) is 0 Å². The minimum Gasteiger partial charge on any atom is -0.322 e. The lowest BCUT2D eigenvalue weighted by atomic mass is 9.84. The number of carbonyl (C=O) groups is 2. The molecule has 0 spiro atoms. The van der Waals surface area contributed by atoms with E-state index in [1.165, 1.54) is 4.90 Å². The van der Waals surface area contributed by atoms with Crippen LogP contribution in [-0.4, -0.2) is 47.5 Å². The zero-order valence-electron chi connectivity index (χ0n) is 15.3. The van der Waals surface area contributed by atoms with Gasteiger partial charge < -0.3 is 5.32 Å². The van der Waals surface area contributed by atoms with Gasteiger partial charge in [-0.25, -0.2) is 9.69 Å². The number of hydrogen-bond acceptors (Lipinski definition) is 4. The van der Waals surface area contributed by atoms with Crippen LogP contribution in [0.5, 0.6) is 0 Å². The summed E-state index contributed by atoms with van der Waals surface area (Å²) in [4.78, 5) is 28.8. The van der Waals surface area contributed by atoms with Crippen LogP contribution in [0.2, 0.25) is 0 Å². The molecular weight excluding hydrogens is 340 g/mol. The lowest BCUT2D eigenvalue weighted by Gasteiger charge is -2.28. The third-order valence-electron chi connectivity index (χ3n) is 4.67. The first kappa shape index (κ1) is 18.6. The smallest absolute Gasteiger partial charge is 0.322 e. The zero-order chi connectivity index (χ0) is 19.3. The summed E-state index contributed by atoms with van der Waals surface area (Å²) in [5.41, 5.74) is 0.927. The summed E-state index contributed by atoms with van der Waals surface area (Å²) < 4.78 is 0. The van der Waals surface area contributed by atoms with E-state index in [1.54, 1.807) is 11.9 Å². The molecule has 1 heterocycles. The van der Waals surface area contributed by atoms with E-state index in [1.807, 2.05) is 66.7 Å². The number of imide groups is 1. The van der Waals surface area contributed by atoms with Gasteiger partial charge in [0.1, 0.15) is 5.54 Å². The number of rotatable bonds is 7. The fourth-order valence-corrected chi connectivity index (χ4v) is 3.41. The van der Waals surface area contributed by atoms with Crippen LogP contribution in [0.1, 0.15) is 11.1 Å². The minimum atomic E-state index is -1.03. The van der Waals surface area contributed by atoms with Crippen molar-refractivity contribution < 1.29 is 9.59 Å². The standard InChI is InChI=1S/C21H22N4O2/c1-24(13-12-22)16-25-19(26)21(23-20(25)27,14-17-8-4-2-5-9-17)15-18-10-6-3-7-11-18/h2-11H,13-16H2,1H3,(H,23,27). The highest BCUT2D eigenvalue weighted by atomic mass is 16.2. The van der Waals surface area contributed by atoms with Crippen LogP contribution in [0.3, 0.4) is 0 Å². The highest BCUT2D eigenvalue weighted by molar-refractivity contribution is 6.07. The molecule has 0 bridgehead atoms. The van der Waals surface area contributed by atoms with Crippen molar-refractivity contribution in [2.45, 2.75) is 18.4 Å². The Kier molecular flexibility index (Phi) is 5.53. The Morgan fingerprint density at radius 2 is 1.52 bits per heavy atom. The van der Waals surface area contributed by atoms with Gasteiger partial charge in [-0.3, -0.25) is 9.69 Å². The molecule has 6 heteroatoms.